The lowest BCUT2D eigenvalue weighted by atomic mass is 10.2. The van der Waals surface area contributed by atoms with Gasteiger partial charge in [-0.05, 0) is 12.1 Å². The van der Waals surface area contributed by atoms with Gasteiger partial charge in [0.2, 0.25) is 9.84 Å². The van der Waals surface area contributed by atoms with Crippen molar-refractivity contribution in [1.82, 2.24) is 9.88 Å². The maximum atomic E-state index is 12.9. The Bertz CT molecular complexity index is 955. The molecule has 0 saturated carbocycles. The van der Waals surface area contributed by atoms with Crippen LogP contribution < -0.4 is 4.74 Å². The Morgan fingerprint density at radius 1 is 1.30 bits per heavy atom. The fraction of sp³-hybridized carbons (Fsp3) is 0.294. The van der Waals surface area contributed by atoms with E-state index in [2.05, 4.69) is 4.98 Å². The molecule has 1 aliphatic heterocycles. The van der Waals surface area contributed by atoms with E-state index in [1.807, 2.05) is 0 Å². The molecule has 1 amide bonds. The monoisotopic (exact) mass is 416 g/mol. The largest absolute Gasteiger partial charge is 0.487 e. The van der Waals surface area contributed by atoms with E-state index in [0.717, 1.165) is 6.07 Å². The third-order valence-electron chi connectivity index (χ3n) is 4.12. The summed E-state index contributed by atoms with van der Waals surface area (Å²) in [5.74, 6) is -3.82. The van der Waals surface area contributed by atoms with Gasteiger partial charge < -0.3 is 9.64 Å². The molecule has 144 valence electrons. The number of carbonyl (C=O) groups is 1. The highest BCUT2D eigenvalue weighted by molar-refractivity contribution is 7.91. The fourth-order valence-electron chi connectivity index (χ4n) is 2.80. The van der Waals surface area contributed by atoms with Gasteiger partial charge >= 0.3 is 5.76 Å². The number of halogens is 3. The molecule has 2 aromatic rings. The van der Waals surface area contributed by atoms with Crippen LogP contribution in [0.25, 0.3) is 0 Å². The smallest absolute Gasteiger partial charge is 0.341 e. The van der Waals surface area contributed by atoms with E-state index in [1.54, 1.807) is 6.07 Å². The van der Waals surface area contributed by atoms with Gasteiger partial charge in [-0.15, -0.1) is 0 Å². The van der Waals surface area contributed by atoms with E-state index in [-0.39, 0.29) is 18.2 Å². The number of pyridine rings is 1. The predicted molar refractivity (Wildman–Crippen MR) is 93.8 cm³/mol. The maximum absolute atomic E-state index is 12.9. The number of ether oxygens (including phenoxy) is 1. The Balaban J connectivity index is 1.78. The van der Waals surface area contributed by atoms with Crippen LogP contribution in [0.2, 0.25) is 5.02 Å². The molecule has 1 aromatic carbocycles. The maximum Gasteiger partial charge on any atom is 0.341 e. The standard InChI is InChI=1S/C17H15ClF2N2O4S/c18-13-9-21-7-5-14(13)26-11-6-8-22(10-11)16(23)12-3-1-2-4-15(12)27(24,25)17(19)20/h1-5,7,9,11,17H,6,8,10H2/t11-/m0/s1. The van der Waals surface area contributed by atoms with Gasteiger partial charge in [0.15, 0.2) is 0 Å². The van der Waals surface area contributed by atoms with E-state index in [9.17, 15) is 22.0 Å². The molecule has 1 saturated heterocycles. The highest BCUT2D eigenvalue weighted by Crippen LogP contribution is 2.28. The first-order valence-corrected chi connectivity index (χ1v) is 9.89. The van der Waals surface area contributed by atoms with Crippen molar-refractivity contribution in [2.24, 2.45) is 0 Å². The van der Waals surface area contributed by atoms with Crippen molar-refractivity contribution < 1.29 is 26.7 Å². The SMILES string of the molecule is O=C(c1ccccc1S(=O)(=O)C(F)F)N1CC[C@H](Oc2ccncc2Cl)C1. The minimum Gasteiger partial charge on any atom is -0.487 e. The molecular formula is C17H15ClF2N2O4S. The number of rotatable bonds is 5. The van der Waals surface area contributed by atoms with Crippen molar-refractivity contribution in [2.45, 2.75) is 23.2 Å². The van der Waals surface area contributed by atoms with Gasteiger partial charge in [-0.1, -0.05) is 23.7 Å². The van der Waals surface area contributed by atoms with E-state index in [0.29, 0.717) is 23.7 Å². The molecule has 1 aromatic heterocycles. The van der Waals surface area contributed by atoms with Crippen LogP contribution in [0.3, 0.4) is 0 Å². The van der Waals surface area contributed by atoms with Crippen molar-refractivity contribution in [3.05, 3.63) is 53.3 Å². The molecule has 0 spiro atoms. The fourth-order valence-corrected chi connectivity index (χ4v) is 3.89. The van der Waals surface area contributed by atoms with E-state index < -0.39 is 26.4 Å². The molecule has 1 fully saturated rings. The van der Waals surface area contributed by atoms with E-state index in [4.69, 9.17) is 16.3 Å². The van der Waals surface area contributed by atoms with Gasteiger partial charge in [0.05, 0.1) is 17.0 Å². The van der Waals surface area contributed by atoms with Crippen LogP contribution in [-0.4, -0.2) is 49.2 Å². The summed E-state index contributed by atoms with van der Waals surface area (Å²) in [6.45, 7) is 0.482. The zero-order valence-electron chi connectivity index (χ0n) is 13.9. The Hall–Kier alpha value is -2.26. The Morgan fingerprint density at radius 2 is 2.04 bits per heavy atom. The van der Waals surface area contributed by atoms with Gasteiger partial charge in [0, 0.05) is 31.4 Å². The molecule has 1 atom stereocenters. The Morgan fingerprint density at radius 3 is 2.74 bits per heavy atom. The van der Waals surface area contributed by atoms with Crippen molar-refractivity contribution in [1.29, 1.82) is 0 Å². The number of likely N-dealkylation sites (tertiary alicyclic amines) is 1. The number of benzene rings is 1. The first-order chi connectivity index (χ1) is 12.8. The molecule has 0 aliphatic carbocycles. The molecule has 27 heavy (non-hydrogen) atoms. The van der Waals surface area contributed by atoms with Gasteiger partial charge in [-0.2, -0.15) is 8.78 Å². The number of aromatic nitrogens is 1. The molecule has 2 heterocycles. The summed E-state index contributed by atoms with van der Waals surface area (Å²) >= 11 is 5.99. The van der Waals surface area contributed by atoms with Gasteiger partial charge in [-0.3, -0.25) is 9.78 Å². The summed E-state index contributed by atoms with van der Waals surface area (Å²) in [6.07, 6.45) is 3.09. The number of carbonyl (C=O) groups excluding carboxylic acids is 1. The molecule has 6 nitrogen and oxygen atoms in total. The number of hydrogen-bond acceptors (Lipinski definition) is 5. The topological polar surface area (TPSA) is 76.6 Å². The molecule has 1 aliphatic rings. The summed E-state index contributed by atoms with van der Waals surface area (Å²) < 4.78 is 55.3. The van der Waals surface area contributed by atoms with Crippen LogP contribution in [0.15, 0.2) is 47.6 Å². The van der Waals surface area contributed by atoms with Crippen molar-refractivity contribution >= 4 is 27.3 Å². The van der Waals surface area contributed by atoms with Crippen molar-refractivity contribution in [3.63, 3.8) is 0 Å². The first kappa shape index (κ1) is 19.5. The number of hydrogen-bond donors (Lipinski definition) is 0. The minimum absolute atomic E-state index is 0.181. The average molecular weight is 417 g/mol. The van der Waals surface area contributed by atoms with Crippen LogP contribution in [0, 0.1) is 0 Å². The zero-order valence-corrected chi connectivity index (χ0v) is 15.5. The number of sulfone groups is 1. The second-order valence-electron chi connectivity index (χ2n) is 5.89. The molecular weight excluding hydrogens is 402 g/mol. The molecule has 0 unspecified atom stereocenters. The van der Waals surface area contributed by atoms with Crippen LogP contribution in [0.1, 0.15) is 16.8 Å². The van der Waals surface area contributed by atoms with Gasteiger partial charge in [0.1, 0.15) is 16.9 Å². The van der Waals surface area contributed by atoms with Crippen LogP contribution >= 0.6 is 11.6 Å². The van der Waals surface area contributed by atoms with Crippen molar-refractivity contribution in [3.8, 4) is 5.75 Å². The Labute approximate surface area is 159 Å². The summed E-state index contributed by atoms with van der Waals surface area (Å²) in [5.41, 5.74) is -0.277. The third-order valence-corrected chi connectivity index (χ3v) is 5.84. The van der Waals surface area contributed by atoms with Crippen molar-refractivity contribution in [2.75, 3.05) is 13.1 Å². The highest BCUT2D eigenvalue weighted by atomic mass is 35.5. The second-order valence-corrected chi connectivity index (χ2v) is 8.18. The van der Waals surface area contributed by atoms with Gasteiger partial charge in [-0.25, -0.2) is 8.42 Å². The normalized spacial score (nSPS) is 17.3. The minimum atomic E-state index is -4.89. The average Bonchev–Trinajstić information content (AvgIpc) is 3.11. The lowest BCUT2D eigenvalue weighted by Gasteiger charge is -2.19. The predicted octanol–water partition coefficient (Wildman–Crippen LogP) is 3.02. The van der Waals surface area contributed by atoms with E-state index >= 15 is 0 Å². The zero-order chi connectivity index (χ0) is 19.6. The highest BCUT2D eigenvalue weighted by Gasteiger charge is 2.34. The number of alkyl halides is 2. The summed E-state index contributed by atoms with van der Waals surface area (Å²) in [6, 6.07) is 6.56. The number of nitrogens with zero attached hydrogens (tertiary/aromatic N) is 2. The lowest BCUT2D eigenvalue weighted by Crippen LogP contribution is -2.32. The quantitative estimate of drug-likeness (QED) is 0.748. The second kappa shape index (κ2) is 7.77. The summed E-state index contributed by atoms with van der Waals surface area (Å²) in [4.78, 5) is 17.3. The molecule has 0 bridgehead atoms. The first-order valence-electron chi connectivity index (χ1n) is 7.97. The van der Waals surface area contributed by atoms with E-state index in [1.165, 1.54) is 35.5 Å². The van der Waals surface area contributed by atoms with Crippen LogP contribution in [0.5, 0.6) is 5.75 Å². The van der Waals surface area contributed by atoms with Crippen LogP contribution in [0.4, 0.5) is 8.78 Å². The molecule has 3 rings (SSSR count). The van der Waals surface area contributed by atoms with Gasteiger partial charge in [0.25, 0.3) is 5.91 Å². The molecule has 0 N–H and O–H groups in total. The Kier molecular flexibility index (Phi) is 5.61. The summed E-state index contributed by atoms with van der Waals surface area (Å²) in [7, 11) is -4.89. The molecule has 0 radical (unpaired) electrons. The molecule has 10 heteroatoms. The lowest BCUT2D eigenvalue weighted by molar-refractivity contribution is 0.0768. The third kappa shape index (κ3) is 4.03. The summed E-state index contributed by atoms with van der Waals surface area (Å²) in [5, 5.41) is 0.329. The number of amides is 1. The van der Waals surface area contributed by atoms with Crippen LogP contribution in [-0.2, 0) is 9.84 Å².